The number of pyridine rings is 1. The summed E-state index contributed by atoms with van der Waals surface area (Å²) in [6.45, 7) is 0.269. The zero-order valence-corrected chi connectivity index (χ0v) is 20.4. The number of amides is 1. The van der Waals surface area contributed by atoms with Crippen LogP contribution in [-0.4, -0.2) is 30.8 Å². The molecular formula is C25H28N4O3S2. The average Bonchev–Trinajstić information content (AvgIpc) is 3.18. The highest BCUT2D eigenvalue weighted by molar-refractivity contribution is 7.89. The summed E-state index contributed by atoms with van der Waals surface area (Å²) in [6.07, 6.45) is 9.42. The van der Waals surface area contributed by atoms with Crippen molar-refractivity contribution >= 4 is 32.4 Å². The highest BCUT2D eigenvalue weighted by Crippen LogP contribution is 2.61. The quantitative estimate of drug-likeness (QED) is 0.464. The van der Waals surface area contributed by atoms with Crippen LogP contribution in [0.5, 0.6) is 0 Å². The van der Waals surface area contributed by atoms with Gasteiger partial charge in [-0.3, -0.25) is 9.78 Å². The number of rotatable bonds is 9. The Morgan fingerprint density at radius 3 is 2.53 bits per heavy atom. The Kier molecular flexibility index (Phi) is 6.50. The van der Waals surface area contributed by atoms with Crippen molar-refractivity contribution in [3.05, 3.63) is 71.5 Å². The summed E-state index contributed by atoms with van der Waals surface area (Å²) in [5, 5.41) is 5.43. The first kappa shape index (κ1) is 23.1. The molecule has 1 aromatic carbocycles. The molecule has 1 amide bonds. The van der Waals surface area contributed by atoms with E-state index in [2.05, 4.69) is 20.0 Å². The molecule has 2 atom stereocenters. The number of nitrogens with one attached hydrogen (secondary N) is 2. The minimum Gasteiger partial charge on any atom is -0.301 e. The van der Waals surface area contributed by atoms with Crippen molar-refractivity contribution in [2.24, 2.45) is 11.8 Å². The van der Waals surface area contributed by atoms with Gasteiger partial charge in [0, 0.05) is 36.4 Å². The molecule has 2 heterocycles. The van der Waals surface area contributed by atoms with Crippen LogP contribution in [0.3, 0.4) is 0 Å². The van der Waals surface area contributed by atoms with Gasteiger partial charge in [-0.2, -0.15) is 0 Å². The summed E-state index contributed by atoms with van der Waals surface area (Å²) in [7, 11) is -3.65. The van der Waals surface area contributed by atoms with E-state index < -0.39 is 15.4 Å². The summed E-state index contributed by atoms with van der Waals surface area (Å²) < 4.78 is 28.3. The number of aromatic nitrogens is 2. The monoisotopic (exact) mass is 496 g/mol. The lowest BCUT2D eigenvalue weighted by atomic mass is 9.87. The molecule has 5 rings (SSSR count). The Morgan fingerprint density at radius 1 is 1.06 bits per heavy atom. The fraction of sp³-hybridized carbons (Fsp3) is 0.400. The first-order chi connectivity index (χ1) is 16.5. The molecule has 0 radical (unpaired) electrons. The SMILES string of the molecule is O=C(Nc1nccs1)C1(c2ccc(S(=O)(=O)NCCc3ccccn3)cc2)CC1C1CCCC1. The smallest absolute Gasteiger partial charge is 0.240 e. The van der Waals surface area contributed by atoms with Gasteiger partial charge in [-0.15, -0.1) is 11.3 Å². The maximum atomic E-state index is 13.4. The summed E-state index contributed by atoms with van der Waals surface area (Å²) in [6, 6.07) is 12.4. The van der Waals surface area contributed by atoms with E-state index in [0.29, 0.717) is 17.5 Å². The second kappa shape index (κ2) is 9.56. The molecule has 9 heteroatoms. The molecule has 2 aliphatic carbocycles. The van der Waals surface area contributed by atoms with Crippen LogP contribution in [0.2, 0.25) is 0 Å². The lowest BCUT2D eigenvalue weighted by Crippen LogP contribution is -2.31. The first-order valence-electron chi connectivity index (χ1n) is 11.7. The minimum atomic E-state index is -3.65. The number of benzene rings is 1. The molecule has 7 nitrogen and oxygen atoms in total. The summed E-state index contributed by atoms with van der Waals surface area (Å²) in [5.74, 6) is 0.788. The van der Waals surface area contributed by atoms with Crippen molar-refractivity contribution in [3.8, 4) is 0 Å². The van der Waals surface area contributed by atoms with Crippen molar-refractivity contribution in [2.45, 2.75) is 48.8 Å². The van der Waals surface area contributed by atoms with E-state index in [4.69, 9.17) is 0 Å². The molecule has 2 aromatic heterocycles. The van der Waals surface area contributed by atoms with Crippen LogP contribution in [0, 0.1) is 11.8 Å². The first-order valence-corrected chi connectivity index (χ1v) is 14.1. The van der Waals surface area contributed by atoms with Gasteiger partial charge in [-0.05, 0) is 48.1 Å². The van der Waals surface area contributed by atoms with Gasteiger partial charge >= 0.3 is 0 Å². The number of hydrogen-bond donors (Lipinski definition) is 2. The molecular weight excluding hydrogens is 468 g/mol. The van der Waals surface area contributed by atoms with E-state index in [1.165, 1.54) is 24.2 Å². The van der Waals surface area contributed by atoms with Crippen LogP contribution in [-0.2, 0) is 26.7 Å². The lowest BCUT2D eigenvalue weighted by Gasteiger charge is -2.20. The molecule has 0 bridgehead atoms. The van der Waals surface area contributed by atoms with Gasteiger partial charge in [0.25, 0.3) is 0 Å². The van der Waals surface area contributed by atoms with Crippen molar-refractivity contribution in [1.82, 2.24) is 14.7 Å². The number of carbonyl (C=O) groups excluding carboxylic acids is 1. The molecule has 0 saturated heterocycles. The fourth-order valence-electron chi connectivity index (χ4n) is 5.31. The number of hydrogen-bond acceptors (Lipinski definition) is 6. The maximum absolute atomic E-state index is 13.4. The Morgan fingerprint density at radius 2 is 1.85 bits per heavy atom. The molecule has 2 unspecified atom stereocenters. The van der Waals surface area contributed by atoms with Crippen LogP contribution >= 0.6 is 11.3 Å². The number of sulfonamides is 1. The van der Waals surface area contributed by atoms with E-state index in [1.807, 2.05) is 35.7 Å². The zero-order chi connectivity index (χ0) is 23.6. The Bertz CT molecular complexity index is 1220. The Balaban J connectivity index is 1.32. The third kappa shape index (κ3) is 4.64. The van der Waals surface area contributed by atoms with Crippen LogP contribution in [0.15, 0.2) is 65.1 Å². The van der Waals surface area contributed by atoms with Gasteiger partial charge in [-0.1, -0.05) is 43.9 Å². The lowest BCUT2D eigenvalue weighted by molar-refractivity contribution is -0.119. The molecule has 178 valence electrons. The normalized spacial score (nSPS) is 22.5. The van der Waals surface area contributed by atoms with E-state index in [9.17, 15) is 13.2 Å². The number of anilines is 1. The highest BCUT2D eigenvalue weighted by Gasteiger charge is 2.63. The number of nitrogens with zero attached hydrogens (tertiary/aromatic N) is 2. The predicted molar refractivity (Wildman–Crippen MR) is 132 cm³/mol. The summed E-state index contributed by atoms with van der Waals surface area (Å²) in [4.78, 5) is 22.1. The molecule has 2 N–H and O–H groups in total. The van der Waals surface area contributed by atoms with E-state index in [1.54, 1.807) is 24.5 Å². The fourth-order valence-corrected chi connectivity index (χ4v) is 6.86. The largest absolute Gasteiger partial charge is 0.301 e. The molecule has 2 aliphatic rings. The average molecular weight is 497 g/mol. The van der Waals surface area contributed by atoms with Gasteiger partial charge in [0.05, 0.1) is 10.3 Å². The van der Waals surface area contributed by atoms with Gasteiger partial charge in [0.2, 0.25) is 15.9 Å². The van der Waals surface area contributed by atoms with Crippen molar-refractivity contribution in [1.29, 1.82) is 0 Å². The zero-order valence-electron chi connectivity index (χ0n) is 18.8. The van der Waals surface area contributed by atoms with Crippen LogP contribution in [0.4, 0.5) is 5.13 Å². The second-order valence-corrected chi connectivity index (χ2v) is 11.8. The van der Waals surface area contributed by atoms with Crippen molar-refractivity contribution < 1.29 is 13.2 Å². The molecule has 34 heavy (non-hydrogen) atoms. The number of thiazole rings is 1. The molecule has 2 saturated carbocycles. The van der Waals surface area contributed by atoms with Gasteiger partial charge in [-0.25, -0.2) is 18.1 Å². The Labute approximate surface area is 204 Å². The van der Waals surface area contributed by atoms with Crippen molar-refractivity contribution in [2.75, 3.05) is 11.9 Å². The molecule has 0 spiro atoms. The van der Waals surface area contributed by atoms with E-state index >= 15 is 0 Å². The Hall–Kier alpha value is -2.62. The molecule has 0 aliphatic heterocycles. The molecule has 3 aromatic rings. The number of carbonyl (C=O) groups is 1. The topological polar surface area (TPSA) is 101 Å². The van der Waals surface area contributed by atoms with E-state index in [-0.39, 0.29) is 23.3 Å². The third-order valence-electron chi connectivity index (χ3n) is 7.12. The van der Waals surface area contributed by atoms with Gasteiger partial charge in [0.15, 0.2) is 5.13 Å². The highest BCUT2D eigenvalue weighted by atomic mass is 32.2. The summed E-state index contributed by atoms with van der Waals surface area (Å²) >= 11 is 1.40. The van der Waals surface area contributed by atoms with Gasteiger partial charge < -0.3 is 5.32 Å². The van der Waals surface area contributed by atoms with E-state index in [0.717, 1.165) is 30.5 Å². The molecule has 2 fully saturated rings. The standard InChI is InChI=1S/C25H28N4O3S2/c30-23(29-24-27-15-16-33-24)25(17-22(25)18-5-1-2-6-18)19-8-10-21(11-9-19)34(31,32)28-14-12-20-7-3-4-13-26-20/h3-4,7-11,13,15-16,18,22,28H,1-2,5-6,12,14,17H2,(H,27,29,30). The van der Waals surface area contributed by atoms with Crippen LogP contribution in [0.1, 0.15) is 43.4 Å². The summed E-state index contributed by atoms with van der Waals surface area (Å²) in [5.41, 5.74) is 1.10. The van der Waals surface area contributed by atoms with Crippen molar-refractivity contribution in [3.63, 3.8) is 0 Å². The second-order valence-electron chi connectivity index (χ2n) is 9.11. The van der Waals surface area contributed by atoms with Crippen LogP contribution in [0.25, 0.3) is 0 Å². The third-order valence-corrected chi connectivity index (χ3v) is 9.29. The van der Waals surface area contributed by atoms with Gasteiger partial charge in [0.1, 0.15) is 0 Å². The van der Waals surface area contributed by atoms with Crippen LogP contribution < -0.4 is 10.0 Å². The maximum Gasteiger partial charge on any atom is 0.240 e. The predicted octanol–water partition coefficient (Wildman–Crippen LogP) is 4.15. The minimum absolute atomic E-state index is 0.0385.